The third-order valence-corrected chi connectivity index (χ3v) is 0.521. The number of halogens is 2. The number of hydrogen-bond acceptors (Lipinski definition) is 2. The zero-order valence-electron chi connectivity index (χ0n) is 2.56. The first-order chi connectivity index (χ1) is 2.56. The van der Waals surface area contributed by atoms with E-state index in [1.54, 1.807) is 0 Å². The second kappa shape index (κ2) is 1.72. The Morgan fingerprint density at radius 2 is 1.83 bits per heavy atom. The van der Waals surface area contributed by atoms with Crippen LogP contribution in [-0.4, -0.2) is 8.42 Å². The van der Waals surface area contributed by atoms with Crippen LogP contribution < -0.4 is 4.94 Å². The highest BCUT2D eigenvalue weighted by atomic mass is 35.7. The van der Waals surface area contributed by atoms with Crippen molar-refractivity contribution in [2.24, 2.45) is 0 Å². The minimum atomic E-state index is -3.98. The predicted octanol–water partition coefficient (Wildman–Crippen LogP) is -1.08. The average Bonchev–Trinajstić information content (AvgIpc) is 1.35. The lowest BCUT2D eigenvalue weighted by molar-refractivity contribution is -0.693. The normalized spacial score (nSPS) is 11.7. The lowest BCUT2D eigenvalue weighted by Crippen LogP contribution is -2.75. The summed E-state index contributed by atoms with van der Waals surface area (Å²) in [5.41, 5.74) is 0. The molecule has 0 fully saturated rings. The maximum Gasteiger partial charge on any atom is 0.420 e. The molecule has 0 aromatic carbocycles. The third kappa shape index (κ3) is 4.13. The van der Waals surface area contributed by atoms with E-state index < -0.39 is 14.2 Å². The minimum Gasteiger partial charge on any atom is -0.154 e. The molecule has 0 spiro atoms. The molecule has 0 unspecified atom stereocenters. The van der Waals surface area contributed by atoms with Crippen LogP contribution in [0.5, 0.6) is 0 Å². The first-order valence-corrected chi connectivity index (χ1v) is 3.31. The van der Waals surface area contributed by atoms with E-state index in [4.69, 9.17) is 0 Å². The Bertz CT molecular complexity index is 116. The molecule has 0 atom stereocenters. The molecule has 6 heteroatoms. The molecule has 0 aromatic heterocycles. The van der Waals surface area contributed by atoms with Gasteiger partial charge in [0.15, 0.2) is 0 Å². The van der Waals surface area contributed by atoms with Crippen LogP contribution in [0.2, 0.25) is 0 Å². The second-order valence-corrected chi connectivity index (χ2v) is 2.98. The van der Waals surface area contributed by atoms with E-state index in [-0.39, 0.29) is 0 Å². The summed E-state index contributed by atoms with van der Waals surface area (Å²) in [5, 5.41) is 0. The van der Waals surface area contributed by atoms with Gasteiger partial charge in [0.25, 0.3) is 0 Å². The molecule has 2 N–H and O–H groups in total. The van der Waals surface area contributed by atoms with Crippen LogP contribution in [0.15, 0.2) is 0 Å². The van der Waals surface area contributed by atoms with E-state index in [9.17, 15) is 12.9 Å². The van der Waals surface area contributed by atoms with E-state index in [2.05, 4.69) is 10.7 Å². The smallest absolute Gasteiger partial charge is 0.154 e. The molecular weight excluding hydrogens is 133 g/mol. The van der Waals surface area contributed by atoms with Crippen molar-refractivity contribution in [2.75, 3.05) is 0 Å². The monoisotopic (exact) mass is 134 g/mol. The van der Waals surface area contributed by atoms with E-state index in [1.807, 2.05) is 0 Å². The van der Waals surface area contributed by atoms with E-state index in [0.717, 1.165) is 0 Å². The Morgan fingerprint density at radius 3 is 1.83 bits per heavy atom. The molecule has 6 heavy (non-hydrogen) atoms. The second-order valence-electron chi connectivity index (χ2n) is 0.565. The van der Waals surface area contributed by atoms with Crippen LogP contribution in [0.25, 0.3) is 0 Å². The lowest BCUT2D eigenvalue weighted by Gasteiger charge is -1.70. The van der Waals surface area contributed by atoms with E-state index >= 15 is 0 Å². The highest BCUT2D eigenvalue weighted by Crippen LogP contribution is 1.76. The van der Waals surface area contributed by atoms with E-state index in [0.29, 0.717) is 0 Å². The largest absolute Gasteiger partial charge is 0.420 e. The summed E-state index contributed by atoms with van der Waals surface area (Å²) in [4.78, 5) is -0.575. The fourth-order valence-electron chi connectivity index (χ4n) is 0. The molecule has 0 heterocycles. The van der Waals surface area contributed by atoms with Crippen molar-refractivity contribution in [3.05, 3.63) is 0 Å². The van der Waals surface area contributed by atoms with Crippen molar-refractivity contribution in [2.45, 2.75) is 0 Å². The predicted molar refractivity (Wildman–Crippen MR) is 17.8 cm³/mol. The van der Waals surface area contributed by atoms with Crippen LogP contribution >= 0.6 is 10.7 Å². The van der Waals surface area contributed by atoms with Crippen molar-refractivity contribution in [3.63, 3.8) is 0 Å². The van der Waals surface area contributed by atoms with Gasteiger partial charge < -0.3 is 0 Å². The van der Waals surface area contributed by atoms with Crippen molar-refractivity contribution >= 4 is 19.9 Å². The summed E-state index contributed by atoms with van der Waals surface area (Å²) in [5.74, 6) is 0. The summed E-state index contributed by atoms with van der Waals surface area (Å²) >= 11 is 0. The number of nitrogens with two attached hydrogens (primary N) is 1. The SMILES string of the molecule is O=S(=O)(Cl)[NH2+]F. The van der Waals surface area contributed by atoms with Gasteiger partial charge in [-0.05, 0) is 4.94 Å². The molecule has 38 valence electrons. The zero-order chi connectivity index (χ0) is 5.21. The standard InChI is InChI=1S/ClFHNO2S/c1-6(4,5)3-2/h3H/p+1. The summed E-state index contributed by atoms with van der Waals surface area (Å²) in [7, 11) is 0.278. The van der Waals surface area contributed by atoms with Crippen LogP contribution in [0.1, 0.15) is 0 Å². The summed E-state index contributed by atoms with van der Waals surface area (Å²) in [6.07, 6.45) is 0. The van der Waals surface area contributed by atoms with E-state index in [1.165, 1.54) is 0 Å². The quantitative estimate of drug-likeness (QED) is 0.366. The van der Waals surface area contributed by atoms with Gasteiger partial charge >= 0.3 is 9.24 Å². The van der Waals surface area contributed by atoms with Gasteiger partial charge in [0.1, 0.15) is 0 Å². The summed E-state index contributed by atoms with van der Waals surface area (Å²) < 4.78 is 29.3. The van der Waals surface area contributed by atoms with Gasteiger partial charge in [-0.25, -0.2) is 0 Å². The minimum absolute atomic E-state index is 0.575. The fraction of sp³-hybridized carbons (Fsp3) is 0. The Kier molecular flexibility index (Phi) is 1.76. The van der Waals surface area contributed by atoms with Gasteiger partial charge in [-0.2, -0.15) is 8.42 Å². The van der Waals surface area contributed by atoms with Gasteiger partial charge in [-0.15, -0.1) is 0 Å². The molecule has 0 aliphatic heterocycles. The molecule has 0 aromatic rings. The Hall–Kier alpha value is 0.130. The highest BCUT2D eigenvalue weighted by Gasteiger charge is 2.03. The lowest BCUT2D eigenvalue weighted by atomic mass is 13.8. The van der Waals surface area contributed by atoms with Crippen LogP contribution in [0, 0.1) is 0 Å². The average molecular weight is 135 g/mol. The van der Waals surface area contributed by atoms with Gasteiger partial charge in [-0.3, -0.25) is 0 Å². The number of hydrogen-bond donors (Lipinski definition) is 1. The van der Waals surface area contributed by atoms with Crippen molar-refractivity contribution in [1.82, 2.24) is 0 Å². The Morgan fingerprint density at radius 1 is 1.67 bits per heavy atom. The molecule has 3 nitrogen and oxygen atoms in total. The molecular formula is H2ClFNO2S+. The number of quaternary nitrogens is 1. The van der Waals surface area contributed by atoms with Crippen molar-refractivity contribution in [3.8, 4) is 0 Å². The Labute approximate surface area is 38.6 Å². The van der Waals surface area contributed by atoms with Gasteiger partial charge in [0.2, 0.25) is 0 Å². The summed E-state index contributed by atoms with van der Waals surface area (Å²) in [6.45, 7) is 0. The van der Waals surface area contributed by atoms with Gasteiger partial charge in [0, 0.05) is 4.48 Å². The molecule has 0 amide bonds. The van der Waals surface area contributed by atoms with Crippen LogP contribution in [-0.2, 0) is 9.24 Å². The maximum atomic E-state index is 10.7. The van der Waals surface area contributed by atoms with Crippen LogP contribution in [0.3, 0.4) is 0 Å². The Balaban J connectivity index is 3.85. The summed E-state index contributed by atoms with van der Waals surface area (Å²) in [6, 6.07) is 0. The van der Waals surface area contributed by atoms with Crippen molar-refractivity contribution in [1.29, 1.82) is 0 Å². The topological polar surface area (TPSA) is 50.8 Å². The molecule has 0 bridgehead atoms. The maximum absolute atomic E-state index is 10.7. The number of rotatable bonds is 1. The first kappa shape index (κ1) is 6.13. The molecule has 0 aliphatic carbocycles. The molecule has 0 saturated heterocycles. The van der Waals surface area contributed by atoms with Gasteiger partial charge in [-0.1, -0.05) is 0 Å². The first-order valence-electron chi connectivity index (χ1n) is 0.942. The molecule has 0 radical (unpaired) electrons. The molecule has 0 aliphatic rings. The van der Waals surface area contributed by atoms with Crippen molar-refractivity contribution < 1.29 is 17.8 Å². The molecule has 0 rings (SSSR count). The zero-order valence-corrected chi connectivity index (χ0v) is 4.13. The van der Waals surface area contributed by atoms with Crippen LogP contribution in [0.4, 0.5) is 4.48 Å². The third-order valence-electron chi connectivity index (χ3n) is 0.106. The molecule has 0 saturated carbocycles. The van der Waals surface area contributed by atoms with Gasteiger partial charge in [0.05, 0.1) is 10.7 Å². The highest BCUT2D eigenvalue weighted by molar-refractivity contribution is 8.08. The fourth-order valence-corrected chi connectivity index (χ4v) is 0.